The van der Waals surface area contributed by atoms with Crippen molar-refractivity contribution in [3.63, 3.8) is 0 Å². The van der Waals surface area contributed by atoms with Crippen LogP contribution in [0.3, 0.4) is 0 Å². The van der Waals surface area contributed by atoms with Crippen molar-refractivity contribution in [3.05, 3.63) is 111 Å². The number of ether oxygens (including phenoxy) is 1. The van der Waals surface area contributed by atoms with Gasteiger partial charge in [0.15, 0.2) is 0 Å². The van der Waals surface area contributed by atoms with Crippen molar-refractivity contribution in [2.45, 2.75) is 29.3 Å². The summed E-state index contributed by atoms with van der Waals surface area (Å²) in [6.07, 6.45) is 0. The number of imide groups is 1. The number of likely N-dealkylation sites (tertiary alicyclic amines) is 1. The molecule has 1 saturated heterocycles. The molecule has 3 aliphatic carbocycles. The zero-order valence-corrected chi connectivity index (χ0v) is 21.5. The van der Waals surface area contributed by atoms with Crippen LogP contribution in [0, 0.1) is 22.0 Å². The van der Waals surface area contributed by atoms with Crippen molar-refractivity contribution < 1.29 is 24.0 Å². The molecule has 192 valence electrons. The van der Waals surface area contributed by atoms with Crippen molar-refractivity contribution in [1.29, 1.82) is 0 Å². The average molecular weight is 551 g/mol. The number of amides is 2. The van der Waals surface area contributed by atoms with Crippen LogP contribution in [-0.2, 0) is 35.5 Å². The van der Waals surface area contributed by atoms with Crippen LogP contribution in [-0.4, -0.2) is 33.6 Å². The van der Waals surface area contributed by atoms with Crippen LogP contribution < -0.4 is 0 Å². The van der Waals surface area contributed by atoms with Gasteiger partial charge >= 0.3 is 5.97 Å². The van der Waals surface area contributed by atoms with Crippen molar-refractivity contribution in [3.8, 4) is 0 Å². The smallest absolute Gasteiger partial charge is 0.329 e. The molecular weight excluding hydrogens is 531 g/mol. The Hall–Kier alpha value is -3.75. The van der Waals surface area contributed by atoms with Crippen molar-refractivity contribution in [2.24, 2.45) is 11.8 Å². The number of carbonyl (C=O) groups is 3. The summed E-state index contributed by atoms with van der Waals surface area (Å²) in [5, 5.41) is 11.3. The predicted octanol–water partition coefficient (Wildman–Crippen LogP) is 4.62. The number of nitro benzene ring substituents is 1. The molecule has 0 spiro atoms. The lowest BCUT2D eigenvalue weighted by Gasteiger charge is -2.54. The third-order valence-corrected chi connectivity index (χ3v) is 9.19. The Bertz CT molecular complexity index is 1430. The topological polar surface area (TPSA) is 107 Å². The van der Waals surface area contributed by atoms with Crippen LogP contribution in [0.4, 0.5) is 5.69 Å². The largest absolute Gasteiger partial charge is 0.459 e. The summed E-state index contributed by atoms with van der Waals surface area (Å²) in [5.41, 5.74) is 2.62. The minimum atomic E-state index is -1.36. The molecular formula is C28H20Cl2N2O6. The summed E-state index contributed by atoms with van der Waals surface area (Å²) >= 11 is 14.8. The highest BCUT2D eigenvalue weighted by Gasteiger charge is 2.73. The Morgan fingerprint density at radius 3 is 1.76 bits per heavy atom. The van der Waals surface area contributed by atoms with E-state index in [1.165, 1.54) is 25.1 Å². The van der Waals surface area contributed by atoms with Crippen molar-refractivity contribution in [1.82, 2.24) is 4.90 Å². The van der Waals surface area contributed by atoms with Gasteiger partial charge < -0.3 is 4.74 Å². The average Bonchev–Trinajstić information content (AvgIpc) is 3.20. The van der Waals surface area contributed by atoms with Gasteiger partial charge in [0.25, 0.3) is 5.69 Å². The molecule has 1 aliphatic heterocycles. The molecule has 0 radical (unpaired) electrons. The standard InChI is InChI=1S/C28H20Cl2N2O6/c1-15(26(35)38-14-16-8-2-7-13-21(16)32(36)37)31-24(33)22-23(25(31)34)28(30)18-10-4-3-9-17(18)27(22,29)19-11-5-6-12-20(19)28/h2-13,15,22-23H,14H2,1H3/t15-,22+,23+,27?,28?/m1/s1. The fourth-order valence-electron chi connectivity index (χ4n) is 6.26. The molecule has 8 nitrogen and oxygen atoms in total. The fourth-order valence-corrected chi connectivity index (χ4v) is 7.35. The highest BCUT2D eigenvalue weighted by atomic mass is 35.5. The van der Waals surface area contributed by atoms with Crippen LogP contribution in [0.2, 0.25) is 0 Å². The lowest BCUT2D eigenvalue weighted by molar-refractivity contribution is -0.385. The van der Waals surface area contributed by atoms with E-state index in [0.717, 1.165) is 4.90 Å². The molecule has 0 aromatic heterocycles. The molecule has 1 fully saturated rings. The second-order valence-electron chi connectivity index (χ2n) is 9.69. The number of nitro groups is 1. The lowest BCUT2D eigenvalue weighted by atomic mass is 9.54. The first kappa shape index (κ1) is 24.6. The first-order valence-electron chi connectivity index (χ1n) is 12.0. The van der Waals surface area contributed by atoms with Crippen LogP contribution in [0.25, 0.3) is 0 Å². The number of alkyl halides is 2. The van der Waals surface area contributed by atoms with Gasteiger partial charge in [0.2, 0.25) is 11.8 Å². The Labute approximate surface area is 227 Å². The number of carbonyl (C=O) groups excluding carboxylic acids is 3. The monoisotopic (exact) mass is 550 g/mol. The molecule has 4 aliphatic rings. The predicted molar refractivity (Wildman–Crippen MR) is 137 cm³/mol. The van der Waals surface area contributed by atoms with E-state index in [9.17, 15) is 24.5 Å². The molecule has 0 unspecified atom stereocenters. The van der Waals surface area contributed by atoms with Gasteiger partial charge in [-0.25, -0.2) is 4.79 Å². The van der Waals surface area contributed by atoms with Gasteiger partial charge in [0.05, 0.1) is 22.3 Å². The maximum Gasteiger partial charge on any atom is 0.329 e. The number of benzene rings is 3. The number of hydrogen-bond donors (Lipinski definition) is 0. The van der Waals surface area contributed by atoms with E-state index < -0.39 is 50.3 Å². The van der Waals surface area contributed by atoms with Gasteiger partial charge in [-0.1, -0.05) is 60.7 Å². The molecule has 2 bridgehead atoms. The highest BCUT2D eigenvalue weighted by Crippen LogP contribution is 2.69. The summed E-state index contributed by atoms with van der Waals surface area (Å²) in [7, 11) is 0. The number of rotatable bonds is 5. The number of nitrogens with zero attached hydrogens (tertiary/aromatic N) is 2. The SMILES string of the molecule is C[C@H](C(=O)OCc1ccccc1[N+](=O)[O-])N1C(=O)[C@@H]2[C@@H](C1=O)C1(Cl)c3ccccc3C2(Cl)c2ccccc21. The second kappa shape index (κ2) is 8.38. The minimum absolute atomic E-state index is 0.189. The zero-order valence-electron chi connectivity index (χ0n) is 20.0. The number of halogens is 2. The molecule has 0 saturated carbocycles. The van der Waals surface area contributed by atoms with Gasteiger partial charge in [-0.15, -0.1) is 23.2 Å². The van der Waals surface area contributed by atoms with Crippen LogP contribution in [0.5, 0.6) is 0 Å². The first-order valence-corrected chi connectivity index (χ1v) is 12.7. The summed E-state index contributed by atoms with van der Waals surface area (Å²) in [6.45, 7) is 0.998. The molecule has 7 rings (SSSR count). The normalized spacial score (nSPS) is 27.4. The quantitative estimate of drug-likeness (QED) is 0.151. The Balaban J connectivity index is 1.37. The van der Waals surface area contributed by atoms with Gasteiger partial charge in [-0.3, -0.25) is 24.6 Å². The molecule has 38 heavy (non-hydrogen) atoms. The Morgan fingerprint density at radius 1 is 0.895 bits per heavy atom. The maximum absolute atomic E-state index is 13.9. The summed E-state index contributed by atoms with van der Waals surface area (Å²) < 4.78 is 5.33. The van der Waals surface area contributed by atoms with E-state index >= 15 is 0 Å². The van der Waals surface area contributed by atoms with E-state index in [0.29, 0.717) is 22.3 Å². The molecule has 10 heteroatoms. The van der Waals surface area contributed by atoms with E-state index in [1.807, 2.05) is 48.5 Å². The van der Waals surface area contributed by atoms with E-state index in [2.05, 4.69) is 0 Å². The Morgan fingerprint density at radius 2 is 1.32 bits per heavy atom. The van der Waals surface area contributed by atoms with Crippen molar-refractivity contribution in [2.75, 3.05) is 0 Å². The third kappa shape index (κ3) is 3.01. The molecule has 1 heterocycles. The molecule has 3 aromatic rings. The molecule has 3 aromatic carbocycles. The van der Waals surface area contributed by atoms with E-state index in [-0.39, 0.29) is 17.9 Å². The van der Waals surface area contributed by atoms with Gasteiger partial charge in [0.1, 0.15) is 22.4 Å². The molecule has 0 N–H and O–H groups in total. The lowest BCUT2D eigenvalue weighted by Crippen LogP contribution is -2.57. The Kier molecular flexibility index (Phi) is 5.42. The number of hydrogen-bond acceptors (Lipinski definition) is 6. The number of para-hydroxylation sites is 1. The number of esters is 1. The zero-order chi connectivity index (χ0) is 27.0. The summed E-state index contributed by atoms with van der Waals surface area (Å²) in [6, 6.07) is 19.1. The van der Waals surface area contributed by atoms with Gasteiger partial charge in [-0.2, -0.15) is 0 Å². The minimum Gasteiger partial charge on any atom is -0.459 e. The van der Waals surface area contributed by atoms with Crippen LogP contribution in [0.1, 0.15) is 34.7 Å². The maximum atomic E-state index is 13.9. The van der Waals surface area contributed by atoms with Crippen LogP contribution >= 0.6 is 23.2 Å². The molecule has 3 atom stereocenters. The van der Waals surface area contributed by atoms with Crippen LogP contribution in [0.15, 0.2) is 72.8 Å². The summed E-state index contributed by atoms with van der Waals surface area (Å²) in [5.74, 6) is -4.18. The van der Waals surface area contributed by atoms with E-state index in [4.69, 9.17) is 27.9 Å². The highest BCUT2D eigenvalue weighted by molar-refractivity contribution is 6.36. The van der Waals surface area contributed by atoms with Gasteiger partial charge in [-0.05, 0) is 35.2 Å². The van der Waals surface area contributed by atoms with E-state index in [1.54, 1.807) is 6.07 Å². The molecule has 2 amide bonds. The summed E-state index contributed by atoms with van der Waals surface area (Å²) in [4.78, 5) is 49.8. The fraction of sp³-hybridized carbons (Fsp3) is 0.250. The van der Waals surface area contributed by atoms with Gasteiger partial charge in [0, 0.05) is 6.07 Å². The second-order valence-corrected chi connectivity index (χ2v) is 10.9. The van der Waals surface area contributed by atoms with Crippen molar-refractivity contribution >= 4 is 46.7 Å². The third-order valence-electron chi connectivity index (χ3n) is 7.91. The first-order chi connectivity index (χ1) is 18.1.